The summed E-state index contributed by atoms with van der Waals surface area (Å²) >= 11 is 0. The summed E-state index contributed by atoms with van der Waals surface area (Å²) in [5, 5.41) is 2.88. The summed E-state index contributed by atoms with van der Waals surface area (Å²) in [7, 11) is 1.78. The number of rotatable bonds is 3. The Kier molecular flexibility index (Phi) is 3.13. The van der Waals surface area contributed by atoms with Gasteiger partial charge in [0, 0.05) is 18.9 Å². The van der Waals surface area contributed by atoms with E-state index in [1.54, 1.807) is 38.6 Å². The summed E-state index contributed by atoms with van der Waals surface area (Å²) in [4.78, 5) is 23.7. The number of hydrogen-bond donors (Lipinski definition) is 1. The van der Waals surface area contributed by atoms with Crippen molar-refractivity contribution in [1.29, 1.82) is 0 Å². The van der Waals surface area contributed by atoms with Gasteiger partial charge in [-0.05, 0) is 13.0 Å². The van der Waals surface area contributed by atoms with Gasteiger partial charge in [-0.1, -0.05) is 0 Å². The second-order valence-electron chi connectivity index (χ2n) is 3.62. The fraction of sp³-hybridized carbons (Fsp3) is 0.273. The quantitative estimate of drug-likeness (QED) is 0.829. The van der Waals surface area contributed by atoms with Crippen LogP contribution in [0.5, 0.6) is 0 Å². The van der Waals surface area contributed by atoms with Crippen LogP contribution in [0.25, 0.3) is 0 Å². The lowest BCUT2D eigenvalue weighted by Crippen LogP contribution is -2.23. The maximum Gasteiger partial charge on any atom is 0.348 e. The van der Waals surface area contributed by atoms with Crippen LogP contribution in [0.4, 0.5) is 5.82 Å². The highest BCUT2D eigenvalue weighted by atomic mass is 16.1. The van der Waals surface area contributed by atoms with Crippen LogP contribution in [-0.4, -0.2) is 26.6 Å². The van der Waals surface area contributed by atoms with Gasteiger partial charge in [-0.15, -0.1) is 0 Å². The minimum atomic E-state index is -0.274. The third-order valence-corrected chi connectivity index (χ3v) is 2.31. The molecule has 0 fully saturated rings. The van der Waals surface area contributed by atoms with Crippen LogP contribution in [0.3, 0.4) is 0 Å². The summed E-state index contributed by atoms with van der Waals surface area (Å²) in [6.07, 6.45) is 4.97. The first kappa shape index (κ1) is 11.3. The molecular weight excluding hydrogens is 218 g/mol. The van der Waals surface area contributed by atoms with Crippen molar-refractivity contribution < 1.29 is 0 Å². The fourth-order valence-electron chi connectivity index (χ4n) is 1.37. The SMILES string of the molecule is CNc1cnc(Cn2ccc(C)nc2=O)cn1. The Balaban J connectivity index is 2.22. The average molecular weight is 231 g/mol. The molecule has 1 N–H and O–H groups in total. The van der Waals surface area contributed by atoms with Crippen molar-refractivity contribution in [3.8, 4) is 0 Å². The summed E-state index contributed by atoms with van der Waals surface area (Å²) in [5.74, 6) is 0.697. The molecule has 0 saturated heterocycles. The van der Waals surface area contributed by atoms with E-state index in [2.05, 4.69) is 20.3 Å². The molecule has 0 aliphatic carbocycles. The lowest BCUT2D eigenvalue weighted by Gasteiger charge is -2.05. The predicted molar refractivity (Wildman–Crippen MR) is 63.9 cm³/mol. The Morgan fingerprint density at radius 3 is 2.76 bits per heavy atom. The molecule has 6 nitrogen and oxygen atoms in total. The van der Waals surface area contributed by atoms with Crippen LogP contribution in [0.1, 0.15) is 11.4 Å². The zero-order valence-corrected chi connectivity index (χ0v) is 9.71. The molecule has 2 aromatic heterocycles. The van der Waals surface area contributed by atoms with Gasteiger partial charge in [0.05, 0.1) is 24.6 Å². The van der Waals surface area contributed by atoms with Crippen LogP contribution >= 0.6 is 0 Å². The Labute approximate surface area is 98.4 Å². The minimum absolute atomic E-state index is 0.274. The molecular formula is C11H13N5O. The number of nitrogens with zero attached hydrogens (tertiary/aromatic N) is 4. The van der Waals surface area contributed by atoms with Crippen molar-refractivity contribution in [2.24, 2.45) is 0 Å². The standard InChI is InChI=1S/C11H13N5O/c1-8-3-4-16(11(17)15-8)7-9-5-14-10(12-2)6-13-9/h3-6H,7H2,1-2H3,(H,12,14). The van der Waals surface area contributed by atoms with Gasteiger partial charge >= 0.3 is 5.69 Å². The van der Waals surface area contributed by atoms with Gasteiger partial charge in [0.25, 0.3) is 0 Å². The summed E-state index contributed by atoms with van der Waals surface area (Å²) in [6.45, 7) is 2.16. The van der Waals surface area contributed by atoms with Crippen molar-refractivity contribution in [3.05, 3.63) is 46.5 Å². The van der Waals surface area contributed by atoms with Crippen LogP contribution in [-0.2, 0) is 6.54 Å². The molecule has 2 rings (SSSR count). The first-order valence-corrected chi connectivity index (χ1v) is 5.22. The van der Waals surface area contributed by atoms with Gasteiger partial charge in [-0.25, -0.2) is 9.78 Å². The monoisotopic (exact) mass is 231 g/mol. The zero-order valence-electron chi connectivity index (χ0n) is 9.71. The molecule has 0 spiro atoms. The molecule has 0 unspecified atom stereocenters. The van der Waals surface area contributed by atoms with E-state index in [0.29, 0.717) is 18.1 Å². The highest BCUT2D eigenvalue weighted by Crippen LogP contribution is 2.00. The molecule has 0 saturated carbocycles. The van der Waals surface area contributed by atoms with Crippen molar-refractivity contribution in [2.75, 3.05) is 12.4 Å². The first-order valence-electron chi connectivity index (χ1n) is 5.22. The van der Waals surface area contributed by atoms with Crippen molar-refractivity contribution in [1.82, 2.24) is 19.5 Å². The Hall–Kier alpha value is -2.24. The summed E-state index contributed by atoms with van der Waals surface area (Å²) < 4.78 is 1.50. The highest BCUT2D eigenvalue weighted by molar-refractivity contribution is 5.29. The van der Waals surface area contributed by atoms with E-state index in [1.807, 2.05) is 0 Å². The van der Waals surface area contributed by atoms with E-state index in [1.165, 1.54) is 4.57 Å². The number of aryl methyl sites for hydroxylation is 1. The minimum Gasteiger partial charge on any atom is -0.372 e. The Morgan fingerprint density at radius 2 is 2.18 bits per heavy atom. The summed E-state index contributed by atoms with van der Waals surface area (Å²) in [6, 6.07) is 1.79. The van der Waals surface area contributed by atoms with Crippen LogP contribution in [0.15, 0.2) is 29.5 Å². The van der Waals surface area contributed by atoms with Gasteiger partial charge in [0.15, 0.2) is 0 Å². The maximum absolute atomic E-state index is 11.6. The fourth-order valence-corrected chi connectivity index (χ4v) is 1.37. The van der Waals surface area contributed by atoms with E-state index in [4.69, 9.17) is 0 Å². The molecule has 0 aromatic carbocycles. The lowest BCUT2D eigenvalue weighted by molar-refractivity contribution is 0.702. The Bertz CT molecular complexity index is 561. The molecule has 0 aliphatic rings. The average Bonchev–Trinajstić information content (AvgIpc) is 2.34. The van der Waals surface area contributed by atoms with Crippen molar-refractivity contribution in [2.45, 2.75) is 13.5 Å². The highest BCUT2D eigenvalue weighted by Gasteiger charge is 2.01. The second-order valence-corrected chi connectivity index (χ2v) is 3.62. The smallest absolute Gasteiger partial charge is 0.348 e. The molecule has 2 aromatic rings. The number of hydrogen-bond acceptors (Lipinski definition) is 5. The van der Waals surface area contributed by atoms with E-state index >= 15 is 0 Å². The predicted octanol–water partition coefficient (Wildman–Crippen LogP) is 0.432. The van der Waals surface area contributed by atoms with Crippen molar-refractivity contribution >= 4 is 5.82 Å². The molecule has 0 aliphatic heterocycles. The molecule has 0 radical (unpaired) electrons. The zero-order chi connectivity index (χ0) is 12.3. The number of aromatic nitrogens is 4. The van der Waals surface area contributed by atoms with Gasteiger partial charge in [-0.2, -0.15) is 4.98 Å². The molecule has 17 heavy (non-hydrogen) atoms. The first-order chi connectivity index (χ1) is 8.19. The number of nitrogens with one attached hydrogen (secondary N) is 1. The van der Waals surface area contributed by atoms with E-state index in [0.717, 1.165) is 5.69 Å². The largest absolute Gasteiger partial charge is 0.372 e. The van der Waals surface area contributed by atoms with Crippen LogP contribution in [0, 0.1) is 6.92 Å². The maximum atomic E-state index is 11.6. The van der Waals surface area contributed by atoms with Gasteiger partial charge < -0.3 is 5.32 Å². The van der Waals surface area contributed by atoms with Gasteiger partial charge in [-0.3, -0.25) is 9.55 Å². The topological polar surface area (TPSA) is 72.7 Å². The Morgan fingerprint density at radius 1 is 1.35 bits per heavy atom. The van der Waals surface area contributed by atoms with E-state index in [9.17, 15) is 4.79 Å². The lowest BCUT2D eigenvalue weighted by atomic mass is 10.4. The number of anilines is 1. The third kappa shape index (κ3) is 2.66. The van der Waals surface area contributed by atoms with Gasteiger partial charge in [0.1, 0.15) is 5.82 Å². The van der Waals surface area contributed by atoms with Crippen LogP contribution < -0.4 is 11.0 Å². The molecule has 0 atom stereocenters. The normalized spacial score (nSPS) is 10.2. The van der Waals surface area contributed by atoms with Crippen molar-refractivity contribution in [3.63, 3.8) is 0 Å². The van der Waals surface area contributed by atoms with E-state index in [-0.39, 0.29) is 5.69 Å². The molecule has 0 bridgehead atoms. The van der Waals surface area contributed by atoms with Gasteiger partial charge in [0.2, 0.25) is 0 Å². The van der Waals surface area contributed by atoms with E-state index < -0.39 is 0 Å². The molecule has 2 heterocycles. The molecule has 6 heteroatoms. The molecule has 0 amide bonds. The summed E-state index contributed by atoms with van der Waals surface area (Å²) in [5.41, 5.74) is 1.16. The second kappa shape index (κ2) is 4.73. The third-order valence-electron chi connectivity index (χ3n) is 2.31. The van der Waals surface area contributed by atoms with Crippen LogP contribution in [0.2, 0.25) is 0 Å². The molecule has 88 valence electrons.